The van der Waals surface area contributed by atoms with Crippen LogP contribution in [-0.2, 0) is 4.79 Å². The van der Waals surface area contributed by atoms with Gasteiger partial charge in [-0.25, -0.2) is 0 Å². The second-order valence-electron chi connectivity index (χ2n) is 4.28. The van der Waals surface area contributed by atoms with Crippen LogP contribution in [0.5, 0.6) is 0 Å². The Balaban J connectivity index is 2.22. The molecule has 3 nitrogen and oxygen atoms in total. The largest absolute Gasteiger partial charge is 0.378 e. The lowest BCUT2D eigenvalue weighted by molar-refractivity contribution is -0.105. The van der Waals surface area contributed by atoms with Gasteiger partial charge in [-0.3, -0.25) is 4.79 Å². The molecule has 0 aliphatic carbocycles. The third kappa shape index (κ3) is 2.69. The molecule has 0 aliphatic rings. The maximum absolute atomic E-state index is 10.3. The zero-order chi connectivity index (χ0) is 13.0. The molecule has 1 N–H and O–H groups in total. The molecule has 2 aromatic rings. The summed E-state index contributed by atoms with van der Waals surface area (Å²) in [5.74, 6) is 0. The van der Waals surface area contributed by atoms with Gasteiger partial charge in [0.05, 0.1) is 0 Å². The van der Waals surface area contributed by atoms with Gasteiger partial charge in [-0.05, 0) is 35.4 Å². The third-order valence-electron chi connectivity index (χ3n) is 2.83. The fourth-order valence-electron chi connectivity index (χ4n) is 1.78. The molecule has 0 heterocycles. The average Bonchev–Trinajstić information content (AvgIpc) is 2.40. The van der Waals surface area contributed by atoms with Crippen LogP contribution in [0.3, 0.4) is 0 Å². The Morgan fingerprint density at radius 1 is 0.889 bits per heavy atom. The summed E-state index contributed by atoms with van der Waals surface area (Å²) in [5, 5.41) is 2.62. The van der Waals surface area contributed by atoms with E-state index in [1.165, 1.54) is 11.3 Å². The zero-order valence-electron chi connectivity index (χ0n) is 10.6. The molecule has 0 saturated heterocycles. The van der Waals surface area contributed by atoms with E-state index in [0.717, 1.165) is 11.3 Å². The molecule has 0 atom stereocenters. The lowest BCUT2D eigenvalue weighted by atomic mass is 10.0. The number of carbonyl (C=O) groups is 1. The second kappa shape index (κ2) is 5.36. The molecule has 0 saturated carbocycles. The Bertz CT molecular complexity index is 515. The van der Waals surface area contributed by atoms with E-state index in [-0.39, 0.29) is 0 Å². The van der Waals surface area contributed by atoms with Crippen LogP contribution in [0.2, 0.25) is 0 Å². The summed E-state index contributed by atoms with van der Waals surface area (Å²) in [7, 11) is 4.05. The first-order valence-corrected chi connectivity index (χ1v) is 5.79. The Hall–Kier alpha value is -2.29. The summed E-state index contributed by atoms with van der Waals surface area (Å²) in [6, 6.07) is 16.1. The molecule has 2 rings (SSSR count). The van der Waals surface area contributed by atoms with Crippen molar-refractivity contribution >= 4 is 17.8 Å². The van der Waals surface area contributed by atoms with Crippen LogP contribution in [-0.4, -0.2) is 20.5 Å². The molecule has 0 bridgehead atoms. The number of benzene rings is 2. The number of anilines is 2. The fourth-order valence-corrected chi connectivity index (χ4v) is 1.78. The zero-order valence-corrected chi connectivity index (χ0v) is 10.6. The highest BCUT2D eigenvalue weighted by Gasteiger charge is 1.99. The minimum Gasteiger partial charge on any atom is -0.378 e. The van der Waals surface area contributed by atoms with E-state index in [9.17, 15) is 4.79 Å². The van der Waals surface area contributed by atoms with Crippen LogP contribution in [0.25, 0.3) is 11.1 Å². The topological polar surface area (TPSA) is 32.3 Å². The summed E-state index contributed by atoms with van der Waals surface area (Å²) < 4.78 is 0. The molecular formula is C15H16N2O. The molecule has 0 spiro atoms. The third-order valence-corrected chi connectivity index (χ3v) is 2.83. The first-order chi connectivity index (χ1) is 8.70. The van der Waals surface area contributed by atoms with Gasteiger partial charge in [0, 0.05) is 25.5 Å². The number of rotatable bonds is 4. The summed E-state index contributed by atoms with van der Waals surface area (Å²) in [5.41, 5.74) is 4.28. The normalized spacial score (nSPS) is 9.89. The van der Waals surface area contributed by atoms with E-state index in [1.807, 2.05) is 38.4 Å². The van der Waals surface area contributed by atoms with Gasteiger partial charge in [0.15, 0.2) is 0 Å². The Morgan fingerprint density at radius 2 is 1.39 bits per heavy atom. The molecule has 92 valence electrons. The predicted octanol–water partition coefficient (Wildman–Crippen LogP) is 2.99. The van der Waals surface area contributed by atoms with Crippen molar-refractivity contribution in [3.05, 3.63) is 48.5 Å². The van der Waals surface area contributed by atoms with Gasteiger partial charge in [-0.1, -0.05) is 24.3 Å². The van der Waals surface area contributed by atoms with Gasteiger partial charge in [-0.2, -0.15) is 0 Å². The van der Waals surface area contributed by atoms with Crippen LogP contribution in [0.4, 0.5) is 11.4 Å². The Kier molecular flexibility index (Phi) is 3.63. The van der Waals surface area contributed by atoms with Crippen molar-refractivity contribution < 1.29 is 4.79 Å². The van der Waals surface area contributed by atoms with E-state index in [1.54, 1.807) is 0 Å². The van der Waals surface area contributed by atoms with E-state index in [2.05, 4.69) is 34.5 Å². The van der Waals surface area contributed by atoms with Crippen LogP contribution in [0, 0.1) is 0 Å². The fraction of sp³-hybridized carbons (Fsp3) is 0.133. The molecule has 18 heavy (non-hydrogen) atoms. The van der Waals surface area contributed by atoms with Gasteiger partial charge in [0.25, 0.3) is 0 Å². The quantitative estimate of drug-likeness (QED) is 0.833. The van der Waals surface area contributed by atoms with Crippen LogP contribution in [0.15, 0.2) is 48.5 Å². The lowest BCUT2D eigenvalue weighted by Crippen LogP contribution is -2.07. The van der Waals surface area contributed by atoms with Crippen molar-refractivity contribution in [1.29, 1.82) is 0 Å². The molecular weight excluding hydrogens is 224 g/mol. The number of carbonyl (C=O) groups excluding carboxylic acids is 1. The smallest absolute Gasteiger partial charge is 0.211 e. The van der Waals surface area contributed by atoms with E-state index in [4.69, 9.17) is 0 Å². The molecule has 0 radical (unpaired) electrons. The minimum absolute atomic E-state index is 0.681. The van der Waals surface area contributed by atoms with Crippen molar-refractivity contribution in [2.24, 2.45) is 0 Å². The van der Waals surface area contributed by atoms with Gasteiger partial charge in [0.1, 0.15) is 0 Å². The number of nitrogens with zero attached hydrogens (tertiary/aromatic N) is 1. The molecule has 3 heteroatoms. The molecule has 0 aliphatic heterocycles. The molecule has 0 fully saturated rings. The summed E-state index contributed by atoms with van der Waals surface area (Å²) in [6.07, 6.45) is 0.681. The van der Waals surface area contributed by atoms with Crippen molar-refractivity contribution in [3.63, 3.8) is 0 Å². The molecule has 0 aromatic heterocycles. The summed E-state index contributed by atoms with van der Waals surface area (Å²) in [6.45, 7) is 0. The predicted molar refractivity (Wildman–Crippen MR) is 75.9 cm³/mol. The Morgan fingerprint density at radius 3 is 1.83 bits per heavy atom. The maximum Gasteiger partial charge on any atom is 0.211 e. The Labute approximate surface area is 107 Å². The molecule has 2 aromatic carbocycles. The molecule has 0 unspecified atom stereocenters. The molecule has 1 amide bonds. The average molecular weight is 240 g/mol. The first-order valence-electron chi connectivity index (χ1n) is 5.79. The van der Waals surface area contributed by atoms with Crippen molar-refractivity contribution in [2.75, 3.05) is 24.3 Å². The lowest BCUT2D eigenvalue weighted by Gasteiger charge is -2.12. The highest BCUT2D eigenvalue weighted by Crippen LogP contribution is 2.23. The summed E-state index contributed by atoms with van der Waals surface area (Å²) in [4.78, 5) is 12.4. The highest BCUT2D eigenvalue weighted by molar-refractivity contribution is 5.74. The number of hydrogen-bond acceptors (Lipinski definition) is 2. The first kappa shape index (κ1) is 12.2. The van der Waals surface area contributed by atoms with E-state index >= 15 is 0 Å². The van der Waals surface area contributed by atoms with Crippen molar-refractivity contribution in [1.82, 2.24) is 0 Å². The SMILES string of the molecule is CN(C)c1ccc(-c2ccc(NC=O)cc2)cc1. The highest BCUT2D eigenvalue weighted by atomic mass is 16.1. The number of hydrogen-bond donors (Lipinski definition) is 1. The van der Waals surface area contributed by atoms with Gasteiger partial charge in [0.2, 0.25) is 6.41 Å². The van der Waals surface area contributed by atoms with Crippen LogP contribution >= 0.6 is 0 Å². The number of nitrogens with one attached hydrogen (secondary N) is 1. The van der Waals surface area contributed by atoms with Crippen LogP contribution < -0.4 is 10.2 Å². The minimum atomic E-state index is 0.681. The maximum atomic E-state index is 10.3. The van der Waals surface area contributed by atoms with E-state index < -0.39 is 0 Å². The van der Waals surface area contributed by atoms with Crippen molar-refractivity contribution in [3.8, 4) is 11.1 Å². The van der Waals surface area contributed by atoms with Crippen LogP contribution in [0.1, 0.15) is 0 Å². The van der Waals surface area contributed by atoms with Gasteiger partial charge >= 0.3 is 0 Å². The monoisotopic (exact) mass is 240 g/mol. The van der Waals surface area contributed by atoms with E-state index in [0.29, 0.717) is 6.41 Å². The standard InChI is InChI=1S/C15H16N2O/c1-17(2)15-9-5-13(6-10-15)12-3-7-14(8-4-12)16-11-18/h3-11H,1-2H3,(H,16,18). The van der Waals surface area contributed by atoms with Gasteiger partial charge in [-0.15, -0.1) is 0 Å². The second-order valence-corrected chi connectivity index (χ2v) is 4.28. The van der Waals surface area contributed by atoms with Gasteiger partial charge < -0.3 is 10.2 Å². The number of amides is 1. The summed E-state index contributed by atoms with van der Waals surface area (Å²) >= 11 is 0. The van der Waals surface area contributed by atoms with Crippen molar-refractivity contribution in [2.45, 2.75) is 0 Å².